The maximum atomic E-state index is 12.8. The molecule has 0 saturated heterocycles. The standard InChI is InChI=1S/C13H15F3N6O/c1-7-4-11(21-20-8(7)2)19-12(23)17-6-10-9(13(14,15)16)5-18-22(10)3/h4-5H,6H2,1-3H3,(H2,17,19,21,23). The minimum Gasteiger partial charge on any atom is -0.332 e. The first-order valence-electron chi connectivity index (χ1n) is 6.62. The van der Waals surface area contributed by atoms with Gasteiger partial charge in [-0.15, -0.1) is 5.10 Å². The van der Waals surface area contributed by atoms with Crippen molar-refractivity contribution in [2.24, 2.45) is 7.05 Å². The molecule has 2 aromatic heterocycles. The summed E-state index contributed by atoms with van der Waals surface area (Å²) in [5.41, 5.74) is 0.534. The van der Waals surface area contributed by atoms with E-state index in [2.05, 4.69) is 25.9 Å². The summed E-state index contributed by atoms with van der Waals surface area (Å²) in [6.45, 7) is 3.25. The number of rotatable bonds is 3. The van der Waals surface area contributed by atoms with Gasteiger partial charge in [0.15, 0.2) is 5.82 Å². The number of hydrogen-bond acceptors (Lipinski definition) is 4. The number of urea groups is 1. The second-order valence-electron chi connectivity index (χ2n) is 4.93. The summed E-state index contributed by atoms with van der Waals surface area (Å²) in [5, 5.41) is 16.0. The Hall–Kier alpha value is -2.65. The van der Waals surface area contributed by atoms with E-state index >= 15 is 0 Å². The first-order valence-corrected chi connectivity index (χ1v) is 6.62. The van der Waals surface area contributed by atoms with Gasteiger partial charge < -0.3 is 5.32 Å². The molecular weight excluding hydrogens is 313 g/mol. The van der Waals surface area contributed by atoms with Crippen LogP contribution in [-0.2, 0) is 19.8 Å². The van der Waals surface area contributed by atoms with Crippen LogP contribution in [0.4, 0.5) is 23.8 Å². The zero-order chi connectivity index (χ0) is 17.2. The van der Waals surface area contributed by atoms with Gasteiger partial charge in [-0.1, -0.05) is 0 Å². The van der Waals surface area contributed by atoms with Crippen molar-refractivity contribution in [3.63, 3.8) is 0 Å². The van der Waals surface area contributed by atoms with Gasteiger partial charge in [0.05, 0.1) is 29.7 Å². The van der Waals surface area contributed by atoms with Crippen molar-refractivity contribution in [3.8, 4) is 0 Å². The van der Waals surface area contributed by atoms with Crippen molar-refractivity contribution in [2.45, 2.75) is 26.6 Å². The van der Waals surface area contributed by atoms with E-state index in [4.69, 9.17) is 0 Å². The molecule has 2 aromatic rings. The molecule has 10 heteroatoms. The molecule has 2 N–H and O–H groups in total. The number of carbonyl (C=O) groups excluding carboxylic acids is 1. The summed E-state index contributed by atoms with van der Waals surface area (Å²) in [5.74, 6) is 0.214. The van der Waals surface area contributed by atoms with Gasteiger partial charge in [-0.3, -0.25) is 10.00 Å². The van der Waals surface area contributed by atoms with Crippen LogP contribution in [0.2, 0.25) is 0 Å². The molecule has 0 atom stereocenters. The second-order valence-corrected chi connectivity index (χ2v) is 4.93. The first-order chi connectivity index (χ1) is 10.7. The molecule has 124 valence electrons. The lowest BCUT2D eigenvalue weighted by Crippen LogP contribution is -2.30. The lowest BCUT2D eigenvalue weighted by atomic mass is 10.2. The number of nitrogens with zero attached hydrogens (tertiary/aromatic N) is 4. The third-order valence-corrected chi connectivity index (χ3v) is 3.26. The topological polar surface area (TPSA) is 84.7 Å². The molecule has 0 radical (unpaired) electrons. The van der Waals surface area contributed by atoms with Crippen LogP contribution in [0.3, 0.4) is 0 Å². The minimum absolute atomic E-state index is 0.140. The number of nitrogens with one attached hydrogen (secondary N) is 2. The van der Waals surface area contributed by atoms with Crippen LogP contribution in [0.1, 0.15) is 22.5 Å². The summed E-state index contributed by atoms with van der Waals surface area (Å²) in [6, 6.07) is 0.935. The van der Waals surface area contributed by atoms with Crippen molar-refractivity contribution in [3.05, 3.63) is 34.8 Å². The molecule has 0 aromatic carbocycles. The molecule has 0 aliphatic rings. The highest BCUT2D eigenvalue weighted by Gasteiger charge is 2.35. The molecule has 0 spiro atoms. The maximum Gasteiger partial charge on any atom is 0.419 e. The van der Waals surface area contributed by atoms with Crippen LogP contribution in [0.5, 0.6) is 0 Å². The van der Waals surface area contributed by atoms with E-state index in [0.717, 1.165) is 22.1 Å². The number of amides is 2. The van der Waals surface area contributed by atoms with Crippen molar-refractivity contribution < 1.29 is 18.0 Å². The van der Waals surface area contributed by atoms with E-state index in [1.165, 1.54) is 7.05 Å². The number of aryl methyl sites for hydroxylation is 3. The Balaban J connectivity index is 2.02. The molecule has 2 amide bonds. The van der Waals surface area contributed by atoms with E-state index in [1.54, 1.807) is 19.9 Å². The lowest BCUT2D eigenvalue weighted by Gasteiger charge is -2.11. The third kappa shape index (κ3) is 3.96. The number of carbonyl (C=O) groups is 1. The van der Waals surface area contributed by atoms with Crippen LogP contribution >= 0.6 is 0 Å². The summed E-state index contributed by atoms with van der Waals surface area (Å²) in [4.78, 5) is 11.8. The SMILES string of the molecule is Cc1cc(NC(=O)NCc2c(C(F)(F)F)cnn2C)nnc1C. The molecule has 0 fully saturated rings. The largest absolute Gasteiger partial charge is 0.419 e. The molecular formula is C13H15F3N6O. The van der Waals surface area contributed by atoms with E-state index in [9.17, 15) is 18.0 Å². The molecule has 0 aliphatic heterocycles. The van der Waals surface area contributed by atoms with Crippen LogP contribution in [-0.4, -0.2) is 26.0 Å². The maximum absolute atomic E-state index is 12.8. The Labute approximate surface area is 129 Å². The van der Waals surface area contributed by atoms with E-state index in [-0.39, 0.29) is 18.1 Å². The smallest absolute Gasteiger partial charge is 0.332 e. The summed E-state index contributed by atoms with van der Waals surface area (Å²) in [6.07, 6.45) is -3.80. The summed E-state index contributed by atoms with van der Waals surface area (Å²) in [7, 11) is 1.37. The fourth-order valence-corrected chi connectivity index (χ4v) is 1.84. The molecule has 7 nitrogen and oxygen atoms in total. The quantitative estimate of drug-likeness (QED) is 0.904. The van der Waals surface area contributed by atoms with Gasteiger partial charge in [-0.2, -0.15) is 23.4 Å². The first kappa shape index (κ1) is 16.7. The van der Waals surface area contributed by atoms with E-state index < -0.39 is 17.8 Å². The van der Waals surface area contributed by atoms with Gasteiger partial charge in [-0.05, 0) is 25.5 Å². The number of aromatic nitrogens is 4. The van der Waals surface area contributed by atoms with Crippen molar-refractivity contribution >= 4 is 11.8 Å². The highest BCUT2D eigenvalue weighted by Crippen LogP contribution is 2.31. The molecule has 0 unspecified atom stereocenters. The zero-order valence-electron chi connectivity index (χ0n) is 12.7. The monoisotopic (exact) mass is 328 g/mol. The highest BCUT2D eigenvalue weighted by molar-refractivity contribution is 5.88. The lowest BCUT2D eigenvalue weighted by molar-refractivity contribution is -0.138. The van der Waals surface area contributed by atoms with Crippen LogP contribution < -0.4 is 10.6 Å². The second kappa shape index (κ2) is 6.23. The van der Waals surface area contributed by atoms with E-state index in [0.29, 0.717) is 0 Å². The van der Waals surface area contributed by atoms with Crippen molar-refractivity contribution in [1.29, 1.82) is 0 Å². The molecule has 23 heavy (non-hydrogen) atoms. The predicted molar refractivity (Wildman–Crippen MR) is 75.6 cm³/mol. The van der Waals surface area contributed by atoms with Gasteiger partial charge in [0.1, 0.15) is 0 Å². The Kier molecular flexibility index (Phi) is 4.52. The number of anilines is 1. The highest BCUT2D eigenvalue weighted by atomic mass is 19.4. The van der Waals surface area contributed by atoms with Gasteiger partial charge in [0, 0.05) is 7.05 Å². The Morgan fingerprint density at radius 1 is 1.30 bits per heavy atom. The van der Waals surface area contributed by atoms with Gasteiger partial charge in [-0.25, -0.2) is 4.79 Å². The number of alkyl halides is 3. The molecule has 2 rings (SSSR count). The molecule has 0 saturated carbocycles. The normalized spacial score (nSPS) is 11.4. The predicted octanol–water partition coefficient (Wildman–Crippen LogP) is 2.17. The van der Waals surface area contributed by atoms with Crippen LogP contribution in [0.25, 0.3) is 0 Å². The Morgan fingerprint density at radius 3 is 2.61 bits per heavy atom. The molecule has 2 heterocycles. The zero-order valence-corrected chi connectivity index (χ0v) is 12.7. The van der Waals surface area contributed by atoms with Crippen molar-refractivity contribution in [2.75, 3.05) is 5.32 Å². The minimum atomic E-state index is -4.53. The van der Waals surface area contributed by atoms with Gasteiger partial charge in [0.2, 0.25) is 0 Å². The Bertz CT molecular complexity index is 725. The summed E-state index contributed by atoms with van der Waals surface area (Å²) < 4.78 is 39.5. The third-order valence-electron chi connectivity index (χ3n) is 3.26. The van der Waals surface area contributed by atoms with E-state index in [1.807, 2.05) is 0 Å². The van der Waals surface area contributed by atoms with Crippen LogP contribution in [0.15, 0.2) is 12.3 Å². The van der Waals surface area contributed by atoms with Crippen molar-refractivity contribution in [1.82, 2.24) is 25.3 Å². The fraction of sp³-hybridized carbons (Fsp3) is 0.385. The van der Waals surface area contributed by atoms with Crippen LogP contribution in [0, 0.1) is 13.8 Å². The molecule has 0 aliphatic carbocycles. The summed E-state index contributed by atoms with van der Waals surface area (Å²) >= 11 is 0. The molecule has 0 bridgehead atoms. The van der Waals surface area contributed by atoms with Gasteiger partial charge >= 0.3 is 12.2 Å². The number of hydrogen-bond donors (Lipinski definition) is 2. The average molecular weight is 328 g/mol. The van der Waals surface area contributed by atoms with Gasteiger partial charge in [0.25, 0.3) is 0 Å². The number of halogens is 3. The fourth-order valence-electron chi connectivity index (χ4n) is 1.84. The Morgan fingerprint density at radius 2 is 2.00 bits per heavy atom. The average Bonchev–Trinajstić information content (AvgIpc) is 2.82.